The lowest BCUT2D eigenvalue weighted by Gasteiger charge is -2.14. The maximum atomic E-state index is 15.0. The van der Waals surface area contributed by atoms with Crippen molar-refractivity contribution in [2.75, 3.05) is 10.6 Å². The fourth-order valence-corrected chi connectivity index (χ4v) is 8.80. The van der Waals surface area contributed by atoms with Crippen molar-refractivity contribution in [3.05, 3.63) is 101 Å². The van der Waals surface area contributed by atoms with E-state index < -0.39 is 42.0 Å². The van der Waals surface area contributed by atoms with Gasteiger partial charge in [0, 0.05) is 40.1 Å². The Labute approximate surface area is 387 Å². The number of carboxylic acids is 2. The Morgan fingerprint density at radius 3 is 2.10 bits per heavy atom. The number of ether oxygens (including phenoxy) is 1. The van der Waals surface area contributed by atoms with Crippen molar-refractivity contribution in [1.29, 1.82) is 0 Å². The van der Waals surface area contributed by atoms with Crippen molar-refractivity contribution >= 4 is 127 Å². The van der Waals surface area contributed by atoms with E-state index in [1.165, 1.54) is 32.0 Å². The van der Waals surface area contributed by atoms with E-state index in [2.05, 4.69) is 89.6 Å². The molecule has 62 heavy (non-hydrogen) atoms. The van der Waals surface area contributed by atoms with Crippen LogP contribution in [0.15, 0.2) is 76.9 Å². The van der Waals surface area contributed by atoms with Gasteiger partial charge in [-0.15, -0.1) is 0 Å². The number of halogens is 5. The topological polar surface area (TPSA) is 215 Å². The highest BCUT2D eigenvalue weighted by Crippen LogP contribution is 2.40. The number of benzene rings is 4. The molecule has 0 spiro atoms. The first-order valence-corrected chi connectivity index (χ1v) is 22.0. The van der Waals surface area contributed by atoms with Gasteiger partial charge < -0.3 is 34.6 Å². The third kappa shape index (κ3) is 12.0. The Hall–Kier alpha value is -5.18. The highest BCUT2D eigenvalue weighted by molar-refractivity contribution is 9.11. The van der Waals surface area contributed by atoms with Gasteiger partial charge in [-0.1, -0.05) is 51.8 Å². The minimum Gasteiger partial charge on any atom is -0.481 e. The van der Waals surface area contributed by atoms with E-state index in [4.69, 9.17) is 19.4 Å². The van der Waals surface area contributed by atoms with E-state index in [0.717, 1.165) is 31.1 Å². The molecule has 4 aromatic carbocycles. The van der Waals surface area contributed by atoms with Gasteiger partial charge in [0.05, 0.1) is 20.0 Å². The molecular formula is C42H39Br4FN6O9. The number of hydrogen-bond acceptors (Lipinski definition) is 9. The van der Waals surface area contributed by atoms with Crippen LogP contribution >= 0.6 is 63.7 Å². The van der Waals surface area contributed by atoms with Crippen molar-refractivity contribution in [2.24, 2.45) is 5.92 Å². The Balaban J connectivity index is 0.000000234. The molecule has 326 valence electrons. The molecule has 6 rings (SSSR count). The third-order valence-corrected chi connectivity index (χ3v) is 11.4. The molecule has 0 radical (unpaired) electrons. The molecule has 0 aliphatic heterocycles. The number of nitrogens with one attached hydrogen (secondary N) is 3. The molecule has 1 atom stereocenters. The quantitative estimate of drug-likeness (QED) is 0.0647. The summed E-state index contributed by atoms with van der Waals surface area (Å²) in [6.45, 7) is 9.49. The maximum Gasteiger partial charge on any atom is 0.325 e. The van der Waals surface area contributed by atoms with Gasteiger partial charge in [0.1, 0.15) is 18.0 Å². The molecule has 2 aromatic heterocycles. The normalized spacial score (nSPS) is 11.5. The lowest BCUT2D eigenvalue weighted by Crippen LogP contribution is -2.38. The van der Waals surface area contributed by atoms with Gasteiger partial charge in [0.15, 0.2) is 23.0 Å². The smallest absolute Gasteiger partial charge is 0.325 e. The minimum atomic E-state index is -1.18. The zero-order valence-electron chi connectivity index (χ0n) is 33.7. The molecular weight excluding hydrogens is 1070 g/mol. The molecule has 3 amide bonds. The second kappa shape index (κ2) is 20.8. The summed E-state index contributed by atoms with van der Waals surface area (Å²) in [5.41, 5.74) is 4.84. The number of amides is 3. The van der Waals surface area contributed by atoms with Gasteiger partial charge in [-0.2, -0.15) is 4.39 Å². The number of hydrogen-bond donors (Lipinski definition) is 5. The van der Waals surface area contributed by atoms with Crippen LogP contribution in [-0.4, -0.2) is 60.5 Å². The van der Waals surface area contributed by atoms with E-state index in [1.807, 2.05) is 43.5 Å². The van der Waals surface area contributed by atoms with Crippen LogP contribution in [-0.2, 0) is 38.6 Å². The summed E-state index contributed by atoms with van der Waals surface area (Å²) in [5, 5.41) is 25.4. The summed E-state index contributed by atoms with van der Waals surface area (Å²) in [6, 6.07) is 14.3. The fourth-order valence-electron chi connectivity index (χ4n) is 5.99. The van der Waals surface area contributed by atoms with Crippen LogP contribution in [0, 0.1) is 11.7 Å². The molecule has 6 aromatic rings. The Morgan fingerprint density at radius 1 is 0.871 bits per heavy atom. The van der Waals surface area contributed by atoms with Crippen molar-refractivity contribution < 1.29 is 47.7 Å². The number of imidazole rings is 1. The van der Waals surface area contributed by atoms with Crippen LogP contribution in [0.3, 0.4) is 0 Å². The van der Waals surface area contributed by atoms with Crippen LogP contribution in [0.25, 0.3) is 22.1 Å². The molecule has 0 aliphatic carbocycles. The second-order valence-electron chi connectivity index (χ2n) is 14.2. The standard InChI is InChI=1S/C21H19Br2FN2O5.C21H20Br2N4O4/c1-9(2)6-16-26-14-4-5-15(17(24)19(14)31-16)30-18-12(22)7-11(8-13(18)23)20(27)25-10(3)21(28)29;1-3-27-18-7-12(4-5-17(18)26-21(27)24-11(2)28)6-14-15(22)8-13(9-16(14)23)25-19(29)10-20(30)31/h4-5,7-10H,6H2,1-3H3,(H,25,27)(H,28,29);4-5,7-9H,3,6,10H2,1-2H3,(H,25,29)(H,30,31)(H,24,26,28)/t10-;/m0./s1. The van der Waals surface area contributed by atoms with Gasteiger partial charge in [-0.3, -0.25) is 29.3 Å². The third-order valence-electron chi connectivity index (χ3n) is 8.81. The predicted molar refractivity (Wildman–Crippen MR) is 244 cm³/mol. The van der Waals surface area contributed by atoms with Gasteiger partial charge in [0.25, 0.3) is 5.91 Å². The molecule has 5 N–H and O–H groups in total. The minimum absolute atomic E-state index is 0.0130. The molecule has 0 fully saturated rings. The first kappa shape index (κ1) is 47.9. The number of oxazole rings is 1. The number of carbonyl (C=O) groups is 5. The lowest BCUT2D eigenvalue weighted by molar-refractivity contribution is -0.140. The molecule has 2 heterocycles. The van der Waals surface area contributed by atoms with E-state index in [1.54, 1.807) is 18.2 Å². The maximum absolute atomic E-state index is 15.0. The summed E-state index contributed by atoms with van der Waals surface area (Å²) in [6.07, 6.45) is 0.596. The number of aromatic nitrogens is 3. The summed E-state index contributed by atoms with van der Waals surface area (Å²) in [5.74, 6) is -2.90. The predicted octanol–water partition coefficient (Wildman–Crippen LogP) is 10.2. The average Bonchev–Trinajstić information content (AvgIpc) is 3.74. The second-order valence-corrected chi connectivity index (χ2v) is 17.7. The van der Waals surface area contributed by atoms with Crippen molar-refractivity contribution in [3.63, 3.8) is 0 Å². The molecule has 0 saturated carbocycles. The summed E-state index contributed by atoms with van der Waals surface area (Å²) in [7, 11) is 0. The van der Waals surface area contributed by atoms with Crippen molar-refractivity contribution in [2.45, 2.75) is 66.5 Å². The number of anilines is 2. The summed E-state index contributed by atoms with van der Waals surface area (Å²) in [4.78, 5) is 65.9. The fraction of sp³-hybridized carbons (Fsp3) is 0.262. The number of aryl methyl sites for hydroxylation is 1. The number of aliphatic carboxylic acids is 2. The molecule has 0 aliphatic rings. The zero-order valence-corrected chi connectivity index (χ0v) is 40.0. The monoisotopic (exact) mass is 1110 g/mol. The molecule has 0 bridgehead atoms. The molecule has 0 unspecified atom stereocenters. The largest absolute Gasteiger partial charge is 0.481 e. The lowest BCUT2D eigenvalue weighted by atomic mass is 10.0. The number of carboxylic acid groups (broad SMARTS) is 2. The van der Waals surface area contributed by atoms with Crippen molar-refractivity contribution in [3.8, 4) is 11.5 Å². The van der Waals surface area contributed by atoms with Crippen LogP contribution in [0.1, 0.15) is 68.4 Å². The Kier molecular flexibility index (Phi) is 16.1. The number of nitrogens with zero attached hydrogens (tertiary/aromatic N) is 3. The molecule has 15 nitrogen and oxygen atoms in total. The Morgan fingerprint density at radius 2 is 1.52 bits per heavy atom. The SMILES string of the molecule is CC(C)Cc1nc2ccc(Oc3c(Br)cc(C(=O)N[C@@H](C)C(=O)O)cc3Br)c(F)c2o1.CCn1c(NC(C)=O)nc2ccc(Cc3c(Br)cc(NC(=O)CC(=O)O)cc3Br)cc21. The van der Waals surface area contributed by atoms with E-state index >= 15 is 0 Å². The Bertz CT molecular complexity index is 2670. The highest BCUT2D eigenvalue weighted by atomic mass is 79.9. The first-order valence-electron chi connectivity index (χ1n) is 18.8. The van der Waals surface area contributed by atoms with Gasteiger partial charge in [0.2, 0.25) is 23.6 Å². The first-order chi connectivity index (χ1) is 29.2. The summed E-state index contributed by atoms with van der Waals surface area (Å²) >= 11 is 13.7. The number of rotatable bonds is 14. The van der Waals surface area contributed by atoms with Gasteiger partial charge in [-0.25, -0.2) is 9.97 Å². The molecule has 20 heteroatoms. The van der Waals surface area contributed by atoms with Crippen LogP contribution < -0.4 is 20.7 Å². The van der Waals surface area contributed by atoms with Crippen LogP contribution in [0.4, 0.5) is 16.0 Å². The number of carbonyl (C=O) groups excluding carboxylic acids is 3. The van der Waals surface area contributed by atoms with Gasteiger partial charge in [-0.05, 0) is 118 Å². The summed E-state index contributed by atoms with van der Waals surface area (Å²) < 4.78 is 30.5. The van der Waals surface area contributed by atoms with E-state index in [-0.39, 0.29) is 28.6 Å². The average molecular weight is 1110 g/mol. The molecule has 0 saturated heterocycles. The highest BCUT2D eigenvalue weighted by Gasteiger charge is 2.22. The van der Waals surface area contributed by atoms with Gasteiger partial charge >= 0.3 is 11.9 Å². The van der Waals surface area contributed by atoms with E-state index in [0.29, 0.717) is 57.3 Å². The zero-order chi connectivity index (χ0) is 45.6. The van der Waals surface area contributed by atoms with Crippen LogP contribution in [0.2, 0.25) is 0 Å². The number of fused-ring (bicyclic) bond motifs is 2. The van der Waals surface area contributed by atoms with E-state index in [9.17, 15) is 28.4 Å². The van der Waals surface area contributed by atoms with Crippen molar-refractivity contribution in [1.82, 2.24) is 19.9 Å². The van der Waals surface area contributed by atoms with Crippen LogP contribution in [0.5, 0.6) is 11.5 Å².